The summed E-state index contributed by atoms with van der Waals surface area (Å²) < 4.78 is 9.24. The maximum absolute atomic E-state index is 11.4. The fourth-order valence-corrected chi connectivity index (χ4v) is 3.63. The van der Waals surface area contributed by atoms with Crippen LogP contribution in [0.4, 0.5) is 5.82 Å². The molecule has 1 aromatic carbocycles. The van der Waals surface area contributed by atoms with Crippen LogP contribution in [0.1, 0.15) is 5.82 Å². The first kappa shape index (κ1) is 19.2. The van der Waals surface area contributed by atoms with E-state index in [1.165, 1.54) is 12.1 Å². The zero-order valence-corrected chi connectivity index (χ0v) is 17.0. The highest BCUT2D eigenvalue weighted by molar-refractivity contribution is 5.61. The van der Waals surface area contributed by atoms with Crippen molar-refractivity contribution < 1.29 is 4.74 Å². The number of anilines is 1. The molecule has 0 aliphatic carbocycles. The van der Waals surface area contributed by atoms with Crippen molar-refractivity contribution in [2.24, 2.45) is 0 Å². The minimum absolute atomic E-state index is 0.0241. The maximum Gasteiger partial charge on any atom is 0.181 e. The van der Waals surface area contributed by atoms with Crippen molar-refractivity contribution in [3.8, 4) is 17.1 Å². The topological polar surface area (TPSA) is 78.1 Å². The van der Waals surface area contributed by atoms with Gasteiger partial charge < -0.3 is 14.2 Å². The van der Waals surface area contributed by atoms with E-state index < -0.39 is 0 Å². The van der Waals surface area contributed by atoms with Crippen molar-refractivity contribution >= 4 is 5.82 Å². The molecule has 31 heavy (non-hydrogen) atoms. The highest BCUT2D eigenvalue weighted by Crippen LogP contribution is 2.24. The summed E-state index contributed by atoms with van der Waals surface area (Å²) in [6, 6.07) is 17.1. The second kappa shape index (κ2) is 8.53. The maximum atomic E-state index is 11.4. The molecule has 0 spiro atoms. The monoisotopic (exact) mass is 414 g/mol. The molecule has 1 saturated heterocycles. The van der Waals surface area contributed by atoms with Crippen LogP contribution in [0, 0.1) is 0 Å². The number of aromatic nitrogens is 5. The Morgan fingerprint density at radius 3 is 2.42 bits per heavy atom. The molecule has 0 radical (unpaired) electrons. The fraction of sp³-hybridized carbons (Fsp3) is 0.217. The van der Waals surface area contributed by atoms with Gasteiger partial charge in [0.2, 0.25) is 0 Å². The van der Waals surface area contributed by atoms with Gasteiger partial charge in [-0.25, -0.2) is 14.6 Å². The summed E-state index contributed by atoms with van der Waals surface area (Å²) in [4.78, 5) is 23.3. The van der Waals surface area contributed by atoms with Gasteiger partial charge in [0.05, 0.1) is 31.6 Å². The van der Waals surface area contributed by atoms with Crippen LogP contribution in [0.25, 0.3) is 17.1 Å². The van der Waals surface area contributed by atoms with E-state index in [0.717, 1.165) is 30.2 Å². The summed E-state index contributed by atoms with van der Waals surface area (Å²) in [6.07, 6.45) is 5.27. The van der Waals surface area contributed by atoms with E-state index in [1.807, 2.05) is 39.6 Å². The second-order valence-corrected chi connectivity index (χ2v) is 7.30. The summed E-state index contributed by atoms with van der Waals surface area (Å²) in [5.41, 5.74) is 2.00. The molecule has 156 valence electrons. The van der Waals surface area contributed by atoms with Crippen LogP contribution in [0.2, 0.25) is 0 Å². The normalized spacial score (nSPS) is 14.0. The Balaban J connectivity index is 1.57. The number of hydrogen-bond acceptors (Lipinski definition) is 6. The van der Waals surface area contributed by atoms with Crippen LogP contribution in [0.5, 0.6) is 0 Å². The van der Waals surface area contributed by atoms with E-state index in [4.69, 9.17) is 14.7 Å². The molecule has 0 amide bonds. The van der Waals surface area contributed by atoms with Crippen molar-refractivity contribution in [3.63, 3.8) is 0 Å². The molecule has 0 atom stereocenters. The molecule has 4 heterocycles. The van der Waals surface area contributed by atoms with E-state index in [-0.39, 0.29) is 5.43 Å². The molecular formula is C23H22N6O2. The molecule has 3 aromatic heterocycles. The third-order valence-electron chi connectivity index (χ3n) is 5.19. The second-order valence-electron chi connectivity index (χ2n) is 7.30. The highest BCUT2D eigenvalue weighted by atomic mass is 16.5. The van der Waals surface area contributed by atoms with Gasteiger partial charge in [-0.05, 0) is 6.07 Å². The first-order valence-electron chi connectivity index (χ1n) is 10.2. The molecule has 4 aromatic rings. The standard InChI is InChI=1S/C23H22N6O2/c30-19-7-10-27(11-8-19)17-21-25-22(28-12-14-31-15-13-28)16-23(26-21)29-20(6-9-24-29)18-4-2-1-3-5-18/h1-11,16H,12-15,17H2. The number of benzene rings is 1. The molecule has 0 N–H and O–H groups in total. The molecule has 1 aliphatic rings. The predicted molar refractivity (Wildman–Crippen MR) is 117 cm³/mol. The van der Waals surface area contributed by atoms with E-state index in [9.17, 15) is 4.79 Å². The molecule has 0 saturated carbocycles. The van der Waals surface area contributed by atoms with Gasteiger partial charge >= 0.3 is 0 Å². The Hall–Kier alpha value is -3.78. The Bertz CT molecular complexity index is 1210. The first-order valence-corrected chi connectivity index (χ1v) is 10.2. The Morgan fingerprint density at radius 2 is 1.65 bits per heavy atom. The van der Waals surface area contributed by atoms with Gasteiger partial charge in [0, 0.05) is 49.2 Å². The lowest BCUT2D eigenvalue weighted by molar-refractivity contribution is 0.122. The molecule has 8 heteroatoms. The summed E-state index contributed by atoms with van der Waals surface area (Å²) >= 11 is 0. The quantitative estimate of drug-likeness (QED) is 0.499. The van der Waals surface area contributed by atoms with E-state index in [1.54, 1.807) is 18.6 Å². The third-order valence-corrected chi connectivity index (χ3v) is 5.19. The summed E-state index contributed by atoms with van der Waals surface area (Å²) in [6.45, 7) is 3.35. The van der Waals surface area contributed by atoms with Crippen molar-refractivity contribution in [1.29, 1.82) is 0 Å². The fourth-order valence-electron chi connectivity index (χ4n) is 3.63. The van der Waals surface area contributed by atoms with E-state index >= 15 is 0 Å². The Morgan fingerprint density at radius 1 is 0.903 bits per heavy atom. The highest BCUT2D eigenvalue weighted by Gasteiger charge is 2.17. The first-order chi connectivity index (χ1) is 15.3. The van der Waals surface area contributed by atoms with Gasteiger partial charge in [0.1, 0.15) is 5.82 Å². The van der Waals surface area contributed by atoms with Crippen LogP contribution in [-0.2, 0) is 11.3 Å². The van der Waals surface area contributed by atoms with E-state index in [2.05, 4.69) is 22.1 Å². The van der Waals surface area contributed by atoms with Gasteiger partial charge in [-0.1, -0.05) is 30.3 Å². The van der Waals surface area contributed by atoms with Crippen LogP contribution in [0.3, 0.4) is 0 Å². The van der Waals surface area contributed by atoms with Gasteiger partial charge in [-0.15, -0.1) is 0 Å². The average molecular weight is 414 g/mol. The van der Waals surface area contributed by atoms with Crippen molar-refractivity contribution in [2.45, 2.75) is 6.54 Å². The minimum Gasteiger partial charge on any atom is -0.378 e. The molecule has 0 bridgehead atoms. The summed E-state index contributed by atoms with van der Waals surface area (Å²) in [7, 11) is 0. The van der Waals surface area contributed by atoms with Crippen LogP contribution < -0.4 is 10.3 Å². The van der Waals surface area contributed by atoms with Crippen molar-refractivity contribution in [1.82, 2.24) is 24.3 Å². The van der Waals surface area contributed by atoms with Gasteiger partial charge in [-0.2, -0.15) is 5.10 Å². The minimum atomic E-state index is -0.0241. The van der Waals surface area contributed by atoms with Crippen molar-refractivity contribution in [2.75, 3.05) is 31.2 Å². The number of nitrogens with zero attached hydrogens (tertiary/aromatic N) is 6. The molecule has 1 fully saturated rings. The number of pyridine rings is 1. The zero-order chi connectivity index (χ0) is 21.0. The largest absolute Gasteiger partial charge is 0.378 e. The molecule has 5 rings (SSSR count). The average Bonchev–Trinajstić information content (AvgIpc) is 3.32. The third kappa shape index (κ3) is 4.24. The lowest BCUT2D eigenvalue weighted by Crippen LogP contribution is -2.37. The molecule has 8 nitrogen and oxygen atoms in total. The number of rotatable bonds is 5. The summed E-state index contributed by atoms with van der Waals surface area (Å²) in [5, 5.41) is 4.54. The zero-order valence-electron chi connectivity index (χ0n) is 17.0. The lowest BCUT2D eigenvalue weighted by Gasteiger charge is -2.28. The molecule has 0 unspecified atom stereocenters. The van der Waals surface area contributed by atoms with Gasteiger partial charge in [0.15, 0.2) is 17.1 Å². The smallest absolute Gasteiger partial charge is 0.181 e. The van der Waals surface area contributed by atoms with Crippen LogP contribution in [0.15, 0.2) is 78.0 Å². The predicted octanol–water partition coefficient (Wildman–Crippen LogP) is 2.38. The van der Waals surface area contributed by atoms with E-state index in [0.29, 0.717) is 31.4 Å². The van der Waals surface area contributed by atoms with Crippen LogP contribution in [-0.4, -0.2) is 50.6 Å². The number of hydrogen-bond donors (Lipinski definition) is 0. The number of morpholine rings is 1. The number of ether oxygens (including phenoxy) is 1. The van der Waals surface area contributed by atoms with Crippen LogP contribution >= 0.6 is 0 Å². The molecular weight excluding hydrogens is 392 g/mol. The Kier molecular flexibility index (Phi) is 5.28. The SMILES string of the molecule is O=c1ccn(Cc2nc(N3CCOCC3)cc(-n3nccc3-c3ccccc3)n2)cc1. The summed E-state index contributed by atoms with van der Waals surface area (Å²) in [5.74, 6) is 2.20. The lowest BCUT2D eigenvalue weighted by atomic mass is 10.1. The van der Waals surface area contributed by atoms with Crippen molar-refractivity contribution in [3.05, 3.63) is 89.2 Å². The Labute approximate surface area is 179 Å². The molecule has 1 aliphatic heterocycles. The van der Waals surface area contributed by atoms with Gasteiger partial charge in [-0.3, -0.25) is 4.79 Å². The van der Waals surface area contributed by atoms with Gasteiger partial charge in [0.25, 0.3) is 0 Å².